The zero-order valence-corrected chi connectivity index (χ0v) is 15.6. The third-order valence-corrected chi connectivity index (χ3v) is 5.54. The molecule has 1 aromatic carbocycles. The van der Waals surface area contributed by atoms with Crippen LogP contribution >= 0.6 is 0 Å². The molecule has 0 unspecified atom stereocenters. The molecular weight excluding hydrogens is 322 g/mol. The molecule has 0 atom stereocenters. The number of hydrogen-bond donors (Lipinski definition) is 0. The fourth-order valence-corrected chi connectivity index (χ4v) is 3.02. The number of likely N-dealkylation sites (N-methyl/N-ethyl adjacent to an activating group) is 1. The maximum Gasteiger partial charge on any atom is 0.497 e. The van der Waals surface area contributed by atoms with Crippen molar-refractivity contribution >= 4 is 18.5 Å². The van der Waals surface area contributed by atoms with Gasteiger partial charge in [0.1, 0.15) is 5.82 Å². The van der Waals surface area contributed by atoms with Crippen molar-refractivity contribution in [3.63, 3.8) is 0 Å². The Balaban J connectivity index is 1.83. The Morgan fingerprint density at radius 1 is 1.08 bits per heavy atom. The van der Waals surface area contributed by atoms with E-state index in [0.717, 1.165) is 13.1 Å². The lowest BCUT2D eigenvalue weighted by Crippen LogP contribution is -2.47. The van der Waals surface area contributed by atoms with E-state index in [2.05, 4.69) is 4.90 Å². The van der Waals surface area contributed by atoms with Crippen molar-refractivity contribution in [2.45, 2.75) is 38.9 Å². The van der Waals surface area contributed by atoms with Crippen LogP contribution in [0.5, 0.6) is 0 Å². The Morgan fingerprint density at radius 2 is 1.64 bits per heavy atom. The van der Waals surface area contributed by atoms with Gasteiger partial charge >= 0.3 is 7.12 Å². The van der Waals surface area contributed by atoms with Crippen molar-refractivity contribution in [1.29, 1.82) is 0 Å². The predicted octanol–water partition coefficient (Wildman–Crippen LogP) is 1.51. The monoisotopic (exact) mass is 348 g/mol. The van der Waals surface area contributed by atoms with E-state index in [1.807, 2.05) is 34.7 Å². The lowest BCUT2D eigenvalue weighted by atomic mass is 9.78. The van der Waals surface area contributed by atoms with Crippen LogP contribution in [-0.2, 0) is 9.31 Å². The summed E-state index contributed by atoms with van der Waals surface area (Å²) in [5, 5.41) is 0. The van der Waals surface area contributed by atoms with E-state index < -0.39 is 24.1 Å². The number of carbonyl (C=O) groups excluding carboxylic acids is 1. The fourth-order valence-electron chi connectivity index (χ4n) is 3.02. The number of carbonyl (C=O) groups is 1. The van der Waals surface area contributed by atoms with E-state index in [0.29, 0.717) is 18.7 Å². The summed E-state index contributed by atoms with van der Waals surface area (Å²) in [5.41, 5.74) is -0.363. The highest BCUT2D eigenvalue weighted by Gasteiger charge is 2.52. The second-order valence-corrected chi connectivity index (χ2v) is 7.92. The highest BCUT2D eigenvalue weighted by molar-refractivity contribution is 6.62. The molecular formula is C18H26BFN2O3. The maximum atomic E-state index is 14.4. The summed E-state index contributed by atoms with van der Waals surface area (Å²) in [5.74, 6) is -0.501. The predicted molar refractivity (Wildman–Crippen MR) is 95.5 cm³/mol. The number of hydrogen-bond acceptors (Lipinski definition) is 4. The van der Waals surface area contributed by atoms with Crippen molar-refractivity contribution in [1.82, 2.24) is 9.80 Å². The summed E-state index contributed by atoms with van der Waals surface area (Å²) in [6.07, 6.45) is 0. The Hall–Kier alpha value is -1.44. The molecule has 2 aliphatic rings. The quantitative estimate of drug-likeness (QED) is 0.760. The zero-order valence-electron chi connectivity index (χ0n) is 15.6. The first-order valence-corrected chi connectivity index (χ1v) is 8.74. The lowest BCUT2D eigenvalue weighted by Gasteiger charge is -2.32. The Kier molecular flexibility index (Phi) is 4.68. The third-order valence-electron chi connectivity index (χ3n) is 5.54. The van der Waals surface area contributed by atoms with Crippen LogP contribution in [0.15, 0.2) is 18.2 Å². The van der Waals surface area contributed by atoms with Gasteiger partial charge in [0.05, 0.1) is 11.2 Å². The van der Waals surface area contributed by atoms with Crippen molar-refractivity contribution in [3.05, 3.63) is 29.6 Å². The molecule has 0 aromatic heterocycles. The normalized spacial score (nSPS) is 23.1. The van der Waals surface area contributed by atoms with Gasteiger partial charge in [-0.25, -0.2) is 4.39 Å². The smallest absolute Gasteiger partial charge is 0.399 e. The van der Waals surface area contributed by atoms with Gasteiger partial charge in [-0.1, -0.05) is 0 Å². The first-order valence-electron chi connectivity index (χ1n) is 8.74. The van der Waals surface area contributed by atoms with E-state index in [4.69, 9.17) is 9.31 Å². The van der Waals surface area contributed by atoms with Crippen LogP contribution < -0.4 is 5.46 Å². The minimum absolute atomic E-state index is 0.0779. The SMILES string of the molecule is CN1CCN(C(=O)c2ccc(F)c(B3OC(C)(C)C(C)(C)O3)c2)CC1. The van der Waals surface area contributed by atoms with E-state index >= 15 is 0 Å². The standard InChI is InChI=1S/C18H26BFN2O3/c1-17(2)18(3,4)25-19(24-17)14-12-13(6-7-15(14)20)16(23)22-10-8-21(5)9-11-22/h6-7,12H,8-11H2,1-5H3. The highest BCUT2D eigenvalue weighted by atomic mass is 19.1. The number of benzene rings is 1. The summed E-state index contributed by atoms with van der Waals surface area (Å²) in [7, 11) is 1.22. The molecule has 0 radical (unpaired) electrons. The van der Waals surface area contributed by atoms with Gasteiger partial charge < -0.3 is 19.1 Å². The number of rotatable bonds is 2. The number of halogens is 1. The maximum absolute atomic E-state index is 14.4. The molecule has 0 N–H and O–H groups in total. The molecule has 2 heterocycles. The molecule has 0 spiro atoms. The lowest BCUT2D eigenvalue weighted by molar-refractivity contribution is 0.00578. The minimum atomic E-state index is -0.815. The molecule has 7 heteroatoms. The van der Waals surface area contributed by atoms with Crippen LogP contribution in [0.2, 0.25) is 0 Å². The molecule has 5 nitrogen and oxygen atoms in total. The molecule has 0 saturated carbocycles. The summed E-state index contributed by atoms with van der Waals surface area (Å²) in [4.78, 5) is 16.7. The van der Waals surface area contributed by atoms with E-state index in [9.17, 15) is 9.18 Å². The van der Waals surface area contributed by atoms with Gasteiger partial charge in [0.25, 0.3) is 5.91 Å². The van der Waals surface area contributed by atoms with Crippen LogP contribution in [0.1, 0.15) is 38.1 Å². The van der Waals surface area contributed by atoms with E-state index in [-0.39, 0.29) is 11.4 Å². The van der Waals surface area contributed by atoms with Gasteiger partial charge in [-0.3, -0.25) is 4.79 Å². The third kappa shape index (κ3) is 3.45. The fraction of sp³-hybridized carbons (Fsp3) is 0.611. The van der Waals surface area contributed by atoms with Crippen LogP contribution in [0.3, 0.4) is 0 Å². The average molecular weight is 348 g/mol. The van der Waals surface area contributed by atoms with Gasteiger partial charge in [0, 0.05) is 37.2 Å². The molecule has 25 heavy (non-hydrogen) atoms. The Morgan fingerprint density at radius 3 is 2.20 bits per heavy atom. The second-order valence-electron chi connectivity index (χ2n) is 7.92. The van der Waals surface area contributed by atoms with Crippen LogP contribution in [0, 0.1) is 5.82 Å². The van der Waals surface area contributed by atoms with Crippen molar-refractivity contribution < 1.29 is 18.5 Å². The molecule has 136 valence electrons. The second kappa shape index (κ2) is 6.38. The van der Waals surface area contributed by atoms with E-state index in [1.165, 1.54) is 12.1 Å². The topological polar surface area (TPSA) is 42.0 Å². The largest absolute Gasteiger partial charge is 0.497 e. The first kappa shape index (κ1) is 18.4. The summed E-state index contributed by atoms with van der Waals surface area (Å²) < 4.78 is 26.3. The van der Waals surface area contributed by atoms with Gasteiger partial charge in [0.15, 0.2) is 0 Å². The first-order chi connectivity index (χ1) is 11.6. The van der Waals surface area contributed by atoms with Gasteiger partial charge in [-0.05, 0) is 52.9 Å². The molecule has 2 aliphatic heterocycles. The summed E-state index contributed by atoms with van der Waals surface area (Å²) in [6.45, 7) is 10.7. The van der Waals surface area contributed by atoms with Crippen molar-refractivity contribution in [3.8, 4) is 0 Å². The van der Waals surface area contributed by atoms with Crippen molar-refractivity contribution in [2.24, 2.45) is 0 Å². The number of piperazine rings is 1. The van der Waals surface area contributed by atoms with Gasteiger partial charge in [-0.2, -0.15) is 0 Å². The van der Waals surface area contributed by atoms with Crippen LogP contribution in [0.4, 0.5) is 4.39 Å². The molecule has 3 rings (SSSR count). The van der Waals surface area contributed by atoms with Gasteiger partial charge in [0.2, 0.25) is 0 Å². The molecule has 1 aromatic rings. The molecule has 0 aliphatic carbocycles. The molecule has 2 fully saturated rings. The average Bonchev–Trinajstić information content (AvgIpc) is 2.76. The molecule has 0 bridgehead atoms. The minimum Gasteiger partial charge on any atom is -0.399 e. The molecule has 2 saturated heterocycles. The van der Waals surface area contributed by atoms with Crippen LogP contribution in [0.25, 0.3) is 0 Å². The molecule has 1 amide bonds. The zero-order chi connectivity index (χ0) is 18.4. The Bertz CT molecular complexity index is 656. The van der Waals surface area contributed by atoms with Gasteiger partial charge in [-0.15, -0.1) is 0 Å². The highest BCUT2D eigenvalue weighted by Crippen LogP contribution is 2.36. The summed E-state index contributed by atoms with van der Waals surface area (Å²) >= 11 is 0. The summed E-state index contributed by atoms with van der Waals surface area (Å²) in [6, 6.07) is 4.42. The van der Waals surface area contributed by atoms with Crippen LogP contribution in [-0.4, -0.2) is 67.3 Å². The van der Waals surface area contributed by atoms with E-state index in [1.54, 1.807) is 11.0 Å². The number of nitrogens with zero attached hydrogens (tertiary/aromatic N) is 2. The van der Waals surface area contributed by atoms with Crippen molar-refractivity contribution in [2.75, 3.05) is 33.2 Å². The number of amides is 1. The Labute approximate surface area is 149 Å².